The van der Waals surface area contributed by atoms with E-state index in [4.69, 9.17) is 9.47 Å². The molecule has 0 aromatic heterocycles. The second kappa shape index (κ2) is 8.96. The molecule has 0 aliphatic heterocycles. The van der Waals surface area contributed by atoms with Crippen LogP contribution in [0.3, 0.4) is 0 Å². The Balaban J connectivity index is 2.35. The number of hydrogen-bond acceptors (Lipinski definition) is 4. The van der Waals surface area contributed by atoms with Crippen molar-refractivity contribution in [1.29, 1.82) is 0 Å². The number of hydrogen-bond donors (Lipinski definition) is 1. The quantitative estimate of drug-likeness (QED) is 0.779. The van der Waals surface area contributed by atoms with E-state index in [-0.39, 0.29) is 25.2 Å². The number of carbonyl (C=O) groups excluding carboxylic acids is 2. The van der Waals surface area contributed by atoms with Gasteiger partial charge < -0.3 is 14.8 Å². The smallest absolute Gasteiger partial charge is 0.407 e. The number of carbonyl (C=O) groups is 2. The Bertz CT molecular complexity index is 419. The molecule has 1 N–H and O–H groups in total. The minimum atomic E-state index is -0.501. The van der Waals surface area contributed by atoms with E-state index in [2.05, 4.69) is 5.32 Å². The Morgan fingerprint density at radius 1 is 1.20 bits per heavy atom. The monoisotopic (exact) mass is 279 g/mol. The Morgan fingerprint density at radius 2 is 1.90 bits per heavy atom. The lowest BCUT2D eigenvalue weighted by molar-refractivity contribution is -0.141. The van der Waals surface area contributed by atoms with Gasteiger partial charge in [-0.2, -0.15) is 0 Å². The van der Waals surface area contributed by atoms with Crippen LogP contribution in [0.25, 0.3) is 0 Å². The highest BCUT2D eigenvalue weighted by Gasteiger charge is 2.13. The molecular formula is C15H21NO4. The summed E-state index contributed by atoms with van der Waals surface area (Å²) < 4.78 is 10.0. The van der Waals surface area contributed by atoms with Gasteiger partial charge in [0.05, 0.1) is 6.04 Å². The van der Waals surface area contributed by atoms with Crippen molar-refractivity contribution in [2.45, 2.75) is 39.3 Å². The summed E-state index contributed by atoms with van der Waals surface area (Å²) in [4.78, 5) is 22.5. The van der Waals surface area contributed by atoms with E-state index in [9.17, 15) is 9.59 Å². The molecule has 1 aromatic rings. The van der Waals surface area contributed by atoms with Gasteiger partial charge in [0.15, 0.2) is 0 Å². The first kappa shape index (κ1) is 16.0. The van der Waals surface area contributed by atoms with Crippen molar-refractivity contribution in [2.24, 2.45) is 0 Å². The molecule has 5 heteroatoms. The molecule has 110 valence electrons. The van der Waals surface area contributed by atoms with Crippen LogP contribution in [0, 0.1) is 0 Å². The summed E-state index contributed by atoms with van der Waals surface area (Å²) in [6.07, 6.45) is 1.11. The van der Waals surface area contributed by atoms with E-state index in [0.29, 0.717) is 0 Å². The largest absolute Gasteiger partial charge is 0.464 e. The summed E-state index contributed by atoms with van der Waals surface area (Å²) in [6, 6.07) is 9.23. The highest BCUT2D eigenvalue weighted by atomic mass is 16.6. The first-order chi connectivity index (χ1) is 9.61. The van der Waals surface area contributed by atoms with Crippen LogP contribution in [-0.4, -0.2) is 24.7 Å². The fraction of sp³-hybridized carbons (Fsp3) is 0.467. The van der Waals surface area contributed by atoms with E-state index in [1.54, 1.807) is 0 Å². The van der Waals surface area contributed by atoms with Gasteiger partial charge >= 0.3 is 12.1 Å². The summed E-state index contributed by atoms with van der Waals surface area (Å²) in [5, 5.41) is 2.71. The fourth-order valence-electron chi connectivity index (χ4n) is 1.70. The van der Waals surface area contributed by atoms with Crippen molar-refractivity contribution >= 4 is 12.1 Å². The number of amides is 1. The first-order valence-corrected chi connectivity index (χ1v) is 6.72. The zero-order valence-electron chi connectivity index (χ0n) is 11.9. The lowest BCUT2D eigenvalue weighted by Gasteiger charge is -2.17. The van der Waals surface area contributed by atoms with Gasteiger partial charge in [0, 0.05) is 6.92 Å². The molecule has 0 spiro atoms. The van der Waals surface area contributed by atoms with Crippen LogP contribution in [0.5, 0.6) is 0 Å². The van der Waals surface area contributed by atoms with Crippen LogP contribution in [-0.2, 0) is 20.9 Å². The zero-order valence-corrected chi connectivity index (χ0v) is 11.9. The third kappa shape index (κ3) is 6.78. The van der Waals surface area contributed by atoms with Crippen LogP contribution >= 0.6 is 0 Å². The van der Waals surface area contributed by atoms with E-state index in [1.807, 2.05) is 37.3 Å². The van der Waals surface area contributed by atoms with Gasteiger partial charge in [-0.1, -0.05) is 43.7 Å². The van der Waals surface area contributed by atoms with Gasteiger partial charge in [-0.25, -0.2) is 4.79 Å². The van der Waals surface area contributed by atoms with Crippen LogP contribution < -0.4 is 5.32 Å². The molecular weight excluding hydrogens is 258 g/mol. The predicted molar refractivity (Wildman–Crippen MR) is 75.1 cm³/mol. The van der Waals surface area contributed by atoms with Crippen molar-refractivity contribution in [1.82, 2.24) is 5.32 Å². The topological polar surface area (TPSA) is 64.6 Å². The number of ether oxygens (including phenoxy) is 2. The van der Waals surface area contributed by atoms with Gasteiger partial charge in [0.25, 0.3) is 0 Å². The number of alkyl carbamates (subject to hydrolysis) is 1. The molecule has 0 bridgehead atoms. The molecule has 0 saturated carbocycles. The number of rotatable bonds is 7. The standard InChI is InChI=1S/C15H21NO4/c1-3-7-14(11-19-12(2)17)16-15(18)20-10-13-8-5-4-6-9-13/h4-6,8-9,14H,3,7,10-11H2,1-2H3,(H,16,18)/t14-/m1/s1. The van der Waals surface area contributed by atoms with Crippen molar-refractivity contribution in [2.75, 3.05) is 6.61 Å². The van der Waals surface area contributed by atoms with Gasteiger partial charge in [-0.05, 0) is 12.0 Å². The summed E-state index contributed by atoms with van der Waals surface area (Å²) in [5.74, 6) is -0.356. The van der Waals surface area contributed by atoms with Crippen molar-refractivity contribution in [3.63, 3.8) is 0 Å². The molecule has 0 unspecified atom stereocenters. The summed E-state index contributed by atoms with van der Waals surface area (Å²) in [5.41, 5.74) is 0.926. The number of esters is 1. The van der Waals surface area contributed by atoms with Crippen LogP contribution in [0.2, 0.25) is 0 Å². The van der Waals surface area contributed by atoms with Crippen LogP contribution in [0.15, 0.2) is 30.3 Å². The summed E-state index contributed by atoms with van der Waals surface area (Å²) in [7, 11) is 0. The lowest BCUT2D eigenvalue weighted by atomic mass is 10.2. The molecule has 1 atom stereocenters. The Labute approximate surface area is 119 Å². The Kier molecular flexibility index (Phi) is 7.17. The Hall–Kier alpha value is -2.04. The van der Waals surface area contributed by atoms with Crippen LogP contribution in [0.4, 0.5) is 4.79 Å². The molecule has 1 amide bonds. The molecule has 1 aromatic carbocycles. The maximum absolute atomic E-state index is 11.7. The van der Waals surface area contributed by atoms with Gasteiger partial charge in [-0.3, -0.25) is 4.79 Å². The zero-order chi connectivity index (χ0) is 14.8. The molecule has 0 heterocycles. The third-order valence-electron chi connectivity index (χ3n) is 2.66. The second-order valence-corrected chi connectivity index (χ2v) is 4.49. The van der Waals surface area contributed by atoms with Gasteiger partial charge in [0.2, 0.25) is 0 Å². The third-order valence-corrected chi connectivity index (χ3v) is 2.66. The fourth-order valence-corrected chi connectivity index (χ4v) is 1.70. The molecule has 20 heavy (non-hydrogen) atoms. The highest BCUT2D eigenvalue weighted by molar-refractivity contribution is 5.68. The molecule has 1 rings (SSSR count). The van der Waals surface area contributed by atoms with E-state index in [0.717, 1.165) is 18.4 Å². The molecule has 0 aliphatic carbocycles. The van der Waals surface area contributed by atoms with Crippen molar-refractivity contribution in [3.8, 4) is 0 Å². The molecule has 0 aliphatic rings. The van der Waals surface area contributed by atoms with E-state index >= 15 is 0 Å². The minimum absolute atomic E-state index is 0.170. The minimum Gasteiger partial charge on any atom is -0.464 e. The van der Waals surface area contributed by atoms with E-state index < -0.39 is 6.09 Å². The van der Waals surface area contributed by atoms with Gasteiger partial charge in [-0.15, -0.1) is 0 Å². The molecule has 0 saturated heterocycles. The average molecular weight is 279 g/mol. The summed E-state index contributed by atoms with van der Waals surface area (Å²) >= 11 is 0. The second-order valence-electron chi connectivity index (χ2n) is 4.49. The molecule has 0 fully saturated rings. The molecule has 0 radical (unpaired) electrons. The maximum atomic E-state index is 11.7. The van der Waals surface area contributed by atoms with Crippen LogP contribution in [0.1, 0.15) is 32.3 Å². The highest BCUT2D eigenvalue weighted by Crippen LogP contribution is 2.02. The number of benzene rings is 1. The Morgan fingerprint density at radius 3 is 2.50 bits per heavy atom. The van der Waals surface area contributed by atoms with Gasteiger partial charge in [0.1, 0.15) is 13.2 Å². The normalized spacial score (nSPS) is 11.5. The summed E-state index contributed by atoms with van der Waals surface area (Å²) in [6.45, 7) is 3.73. The lowest BCUT2D eigenvalue weighted by Crippen LogP contribution is -2.38. The molecule has 5 nitrogen and oxygen atoms in total. The SMILES string of the molecule is CCC[C@H](COC(C)=O)NC(=O)OCc1ccccc1. The predicted octanol–water partition coefficient (Wildman–Crippen LogP) is 2.64. The first-order valence-electron chi connectivity index (χ1n) is 6.72. The van der Waals surface area contributed by atoms with Crippen molar-refractivity contribution in [3.05, 3.63) is 35.9 Å². The van der Waals surface area contributed by atoms with Crippen molar-refractivity contribution < 1.29 is 19.1 Å². The average Bonchev–Trinajstić information content (AvgIpc) is 2.44. The number of nitrogens with one attached hydrogen (secondary N) is 1. The van der Waals surface area contributed by atoms with E-state index in [1.165, 1.54) is 6.92 Å². The maximum Gasteiger partial charge on any atom is 0.407 e.